The first-order valence-electron chi connectivity index (χ1n) is 9.79. The van der Waals surface area contributed by atoms with Crippen molar-refractivity contribution in [2.75, 3.05) is 24.8 Å². The van der Waals surface area contributed by atoms with Gasteiger partial charge in [0.15, 0.2) is 11.5 Å². The monoisotopic (exact) mass is 377 g/mol. The lowest BCUT2D eigenvalue weighted by atomic mass is 9.77. The Morgan fingerprint density at radius 3 is 2.71 bits per heavy atom. The molecule has 1 unspecified atom stereocenters. The summed E-state index contributed by atoms with van der Waals surface area (Å²) in [7, 11) is 0. The Morgan fingerprint density at radius 2 is 1.89 bits per heavy atom. The normalized spacial score (nSPS) is 21.9. The van der Waals surface area contributed by atoms with Crippen molar-refractivity contribution >= 4 is 11.6 Å². The van der Waals surface area contributed by atoms with Gasteiger partial charge in [0.1, 0.15) is 17.8 Å². The molecule has 3 aliphatic heterocycles. The summed E-state index contributed by atoms with van der Waals surface area (Å²) in [5.41, 5.74) is 3.39. The second kappa shape index (κ2) is 6.30. The third kappa shape index (κ3) is 2.28. The highest BCUT2D eigenvalue weighted by Crippen LogP contribution is 2.54. The molecule has 0 saturated heterocycles. The average molecular weight is 377 g/mol. The van der Waals surface area contributed by atoms with Crippen molar-refractivity contribution in [3.8, 4) is 17.2 Å². The number of allylic oxidation sites excluding steroid dienone is 1. The molecule has 2 aromatic rings. The highest BCUT2D eigenvalue weighted by molar-refractivity contribution is 6.11. The molecule has 5 heteroatoms. The molecule has 0 fully saturated rings. The maximum atomic E-state index is 13.7. The number of carbonyl (C=O) groups is 1. The van der Waals surface area contributed by atoms with E-state index in [0.717, 1.165) is 29.7 Å². The van der Waals surface area contributed by atoms with E-state index in [1.54, 1.807) is 0 Å². The summed E-state index contributed by atoms with van der Waals surface area (Å²) in [6, 6.07) is 11.8. The number of ether oxygens (including phenoxy) is 3. The second-order valence-corrected chi connectivity index (χ2v) is 7.56. The van der Waals surface area contributed by atoms with Gasteiger partial charge in [-0.05, 0) is 37.5 Å². The van der Waals surface area contributed by atoms with E-state index < -0.39 is 5.41 Å². The Bertz CT molecular complexity index is 996. The molecule has 5 nitrogen and oxygen atoms in total. The van der Waals surface area contributed by atoms with Crippen molar-refractivity contribution in [2.24, 2.45) is 0 Å². The molecule has 1 amide bonds. The number of hydrogen-bond acceptors (Lipinski definition) is 4. The fourth-order valence-corrected chi connectivity index (χ4v) is 4.37. The Balaban J connectivity index is 1.58. The number of nitrogens with zero attached hydrogens (tertiary/aromatic N) is 1. The second-order valence-electron chi connectivity index (χ2n) is 7.56. The fraction of sp³-hybridized carbons (Fsp3) is 0.348. The van der Waals surface area contributed by atoms with Crippen molar-refractivity contribution < 1.29 is 19.0 Å². The van der Waals surface area contributed by atoms with E-state index in [-0.39, 0.29) is 12.7 Å². The third-order valence-corrected chi connectivity index (χ3v) is 6.05. The van der Waals surface area contributed by atoms with Crippen LogP contribution in [0.25, 0.3) is 0 Å². The summed E-state index contributed by atoms with van der Waals surface area (Å²) in [5.74, 6) is 2.13. The van der Waals surface area contributed by atoms with Gasteiger partial charge in [-0.3, -0.25) is 4.79 Å². The molecule has 0 saturated carbocycles. The predicted octanol–water partition coefficient (Wildman–Crippen LogP) is 4.19. The topological polar surface area (TPSA) is 48.0 Å². The van der Waals surface area contributed by atoms with Crippen LogP contribution in [0.15, 0.2) is 48.0 Å². The number of amides is 1. The number of benzene rings is 2. The van der Waals surface area contributed by atoms with Crippen molar-refractivity contribution in [2.45, 2.75) is 32.1 Å². The van der Waals surface area contributed by atoms with E-state index in [4.69, 9.17) is 14.2 Å². The van der Waals surface area contributed by atoms with E-state index in [1.165, 1.54) is 5.57 Å². The molecule has 1 spiro atoms. The number of fused-ring (bicyclic) bond motifs is 5. The Morgan fingerprint density at radius 1 is 1.11 bits per heavy atom. The van der Waals surface area contributed by atoms with Crippen LogP contribution < -0.4 is 19.1 Å². The van der Waals surface area contributed by atoms with Gasteiger partial charge < -0.3 is 19.1 Å². The van der Waals surface area contributed by atoms with Gasteiger partial charge in [0, 0.05) is 23.9 Å². The largest absolute Gasteiger partial charge is 0.491 e. The molecule has 5 rings (SSSR count). The lowest BCUT2D eigenvalue weighted by Gasteiger charge is -2.23. The molecule has 0 aliphatic carbocycles. The first kappa shape index (κ1) is 17.2. The molecule has 2 aromatic carbocycles. The quantitative estimate of drug-likeness (QED) is 0.750. The summed E-state index contributed by atoms with van der Waals surface area (Å²) in [6.07, 6.45) is 4.09. The summed E-state index contributed by atoms with van der Waals surface area (Å²) in [6.45, 7) is 5.44. The maximum absolute atomic E-state index is 13.7. The van der Waals surface area contributed by atoms with Crippen LogP contribution in [0.5, 0.6) is 17.2 Å². The molecule has 1 atom stereocenters. The number of para-hydroxylation sites is 1. The van der Waals surface area contributed by atoms with Gasteiger partial charge in [0.25, 0.3) is 0 Å². The molecule has 3 aliphatic rings. The minimum Gasteiger partial charge on any atom is -0.491 e. The van der Waals surface area contributed by atoms with Crippen LogP contribution in [-0.4, -0.2) is 25.9 Å². The first-order valence-corrected chi connectivity index (χ1v) is 9.79. The lowest BCUT2D eigenvalue weighted by Crippen LogP contribution is -2.42. The highest BCUT2D eigenvalue weighted by Gasteiger charge is 2.57. The number of carbonyl (C=O) groups excluding carboxylic acids is 1. The Kier molecular flexibility index (Phi) is 3.86. The predicted molar refractivity (Wildman–Crippen MR) is 106 cm³/mol. The zero-order chi connectivity index (χ0) is 19.3. The van der Waals surface area contributed by atoms with Gasteiger partial charge in [0.2, 0.25) is 12.7 Å². The summed E-state index contributed by atoms with van der Waals surface area (Å²) >= 11 is 0. The number of anilines is 1. The molecule has 0 bridgehead atoms. The Labute approximate surface area is 164 Å². The van der Waals surface area contributed by atoms with Crippen molar-refractivity contribution in [1.29, 1.82) is 0 Å². The number of rotatable bonds is 4. The van der Waals surface area contributed by atoms with E-state index in [0.29, 0.717) is 30.4 Å². The SMILES string of the molecule is CC/C(C)=C\CCN1C(=O)C2(COc3cc4c(cc32)OCO4)c2ccccc21. The van der Waals surface area contributed by atoms with Crippen LogP contribution in [-0.2, 0) is 10.2 Å². The highest BCUT2D eigenvalue weighted by atomic mass is 16.7. The minimum atomic E-state index is -0.809. The standard InChI is InChI=1S/C23H23NO4/c1-3-15(2)7-6-10-24-18-9-5-4-8-16(18)23(22(24)25)13-26-19-12-21-20(11-17(19)23)27-14-28-21/h4-5,7-9,11-12H,3,6,10,13-14H2,1-2H3/b15-7-. The fourth-order valence-electron chi connectivity index (χ4n) is 4.37. The van der Waals surface area contributed by atoms with Crippen molar-refractivity contribution in [3.63, 3.8) is 0 Å². The third-order valence-electron chi connectivity index (χ3n) is 6.05. The minimum absolute atomic E-state index is 0.0777. The summed E-state index contributed by atoms with van der Waals surface area (Å²) < 4.78 is 17.0. The number of hydrogen-bond donors (Lipinski definition) is 0. The van der Waals surface area contributed by atoms with Crippen molar-refractivity contribution in [3.05, 3.63) is 59.2 Å². The van der Waals surface area contributed by atoms with Gasteiger partial charge in [-0.2, -0.15) is 0 Å². The van der Waals surface area contributed by atoms with Crippen LogP contribution in [0, 0.1) is 0 Å². The van der Waals surface area contributed by atoms with Gasteiger partial charge in [-0.1, -0.05) is 36.8 Å². The molecule has 0 radical (unpaired) electrons. The van der Waals surface area contributed by atoms with E-state index >= 15 is 0 Å². The van der Waals surface area contributed by atoms with E-state index in [9.17, 15) is 4.79 Å². The first-order chi connectivity index (χ1) is 13.6. The molecule has 144 valence electrons. The Hall–Kier alpha value is -2.95. The van der Waals surface area contributed by atoms with Crippen molar-refractivity contribution in [1.82, 2.24) is 0 Å². The molecular formula is C23H23NO4. The molecular weight excluding hydrogens is 354 g/mol. The molecule has 0 N–H and O–H groups in total. The van der Waals surface area contributed by atoms with Gasteiger partial charge in [-0.25, -0.2) is 0 Å². The summed E-state index contributed by atoms with van der Waals surface area (Å²) in [5, 5.41) is 0. The zero-order valence-corrected chi connectivity index (χ0v) is 16.2. The van der Waals surface area contributed by atoms with Gasteiger partial charge in [-0.15, -0.1) is 0 Å². The van der Waals surface area contributed by atoms with Gasteiger partial charge >= 0.3 is 0 Å². The van der Waals surface area contributed by atoms with Crippen LogP contribution in [0.1, 0.15) is 37.8 Å². The molecule has 3 heterocycles. The molecule has 0 aromatic heterocycles. The molecule has 28 heavy (non-hydrogen) atoms. The van der Waals surface area contributed by atoms with Crippen LogP contribution >= 0.6 is 0 Å². The average Bonchev–Trinajstić information content (AvgIpc) is 3.38. The smallest absolute Gasteiger partial charge is 0.245 e. The van der Waals surface area contributed by atoms with Gasteiger partial charge in [0.05, 0.1) is 0 Å². The van der Waals surface area contributed by atoms with Crippen LogP contribution in [0.4, 0.5) is 5.69 Å². The van der Waals surface area contributed by atoms with E-state index in [2.05, 4.69) is 19.9 Å². The zero-order valence-electron chi connectivity index (χ0n) is 16.2. The van der Waals surface area contributed by atoms with Crippen LogP contribution in [0.2, 0.25) is 0 Å². The summed E-state index contributed by atoms with van der Waals surface area (Å²) in [4.78, 5) is 15.7. The van der Waals surface area contributed by atoms with Crippen LogP contribution in [0.3, 0.4) is 0 Å². The maximum Gasteiger partial charge on any atom is 0.245 e. The lowest BCUT2D eigenvalue weighted by molar-refractivity contribution is -0.122. The van der Waals surface area contributed by atoms with E-state index in [1.807, 2.05) is 41.3 Å².